The molecular formula is C56H98N8O29S2. The number of nitrogens with one attached hydrogen (secondary N) is 5. The molecule has 4 fully saturated rings. The minimum atomic E-state index is -1.69. The van der Waals surface area contributed by atoms with E-state index in [1.807, 2.05) is 0 Å². The lowest BCUT2D eigenvalue weighted by Gasteiger charge is -2.40. The summed E-state index contributed by atoms with van der Waals surface area (Å²) < 4.78 is 63.3. The van der Waals surface area contributed by atoms with Crippen LogP contribution in [0.2, 0.25) is 0 Å². The first-order valence-electron chi connectivity index (χ1n) is 31.4. The Balaban J connectivity index is 1.39. The normalized spacial score (nSPS) is 28.3. The first kappa shape index (κ1) is 82.6. The van der Waals surface area contributed by atoms with Gasteiger partial charge in [-0.1, -0.05) is 19.3 Å². The molecule has 0 bridgehead atoms. The van der Waals surface area contributed by atoms with Crippen molar-refractivity contribution >= 4 is 73.1 Å². The standard InChI is InChI=1S/C56H98N8O29S2/c57-52(79)91-45-39(72)32(27-65)88-49(42(45)75)85-19-4-18-82-20-15-60-35(68)5-11-55(64-38(71)8-14-63-48(78)31(30-94)56(95)9-2-1-3-10-56,12-6-36(69)61-16-21-83-23-25-86-50-43(76)46(92-53(58)80)40(73)33(28-66)89-50)13-7-37(70)62-17-22-84-24-26-87-51-44(77)47(93-54(59)81)41(74)34(29-67)90-51/h31-34,39-47,49-51,65-67,72-77,94-95H,1-30H2,(H2,57,79)(H2,58,80)(H2,59,81)(H,60,68)(H,61,69)(H,62,70)(H,63,78)(H,64,71)/t31-,32+,33+,34+,39+,40+,41+,42-,43-,44-,45-,46-,47-,49?,50?,51?,55?/m0/s1. The van der Waals surface area contributed by atoms with Gasteiger partial charge in [-0.25, -0.2) is 14.4 Å². The molecule has 3 aliphatic heterocycles. The van der Waals surface area contributed by atoms with Crippen LogP contribution in [0.15, 0.2) is 0 Å². The van der Waals surface area contributed by atoms with Gasteiger partial charge in [0.15, 0.2) is 37.2 Å². The predicted molar refractivity (Wildman–Crippen MR) is 329 cm³/mol. The van der Waals surface area contributed by atoms with Crippen molar-refractivity contribution in [3.63, 3.8) is 0 Å². The van der Waals surface area contributed by atoms with E-state index in [0.29, 0.717) is 12.8 Å². The maximum Gasteiger partial charge on any atom is 0.404 e. The number of ether oxygens (including phenoxy) is 12. The fourth-order valence-electron chi connectivity index (χ4n) is 11.0. The average Bonchev–Trinajstić information content (AvgIpc) is 0.882. The summed E-state index contributed by atoms with van der Waals surface area (Å²) in [4.78, 5) is 102. The number of rotatable bonds is 44. The van der Waals surface area contributed by atoms with Crippen LogP contribution in [0.1, 0.15) is 83.5 Å². The largest absolute Gasteiger partial charge is 0.441 e. The van der Waals surface area contributed by atoms with Crippen molar-refractivity contribution < 1.29 is 141 Å². The third kappa shape index (κ3) is 28.1. The molecule has 39 heteroatoms. The summed E-state index contributed by atoms with van der Waals surface area (Å²) in [6.07, 6.45) is -23.5. The SMILES string of the molecule is NC(=O)O[C@H]1[C@H](O)[C@@H](CO)OC(OCCCOCCNC(=O)CCC(CCC(=O)NCCOCCOC2O[C@H](CO)[C@@H](O)[C@H](OC(N)=O)[C@@H]2O)(CCC(=O)NCCOCCOC2O[C@H](CO)[C@@H](O)[C@H](OC(N)=O)[C@@H]2O)NC(=O)CCNC(=O)[C@H](CS)C2(S)CCCCC2)[C@H]1O. The van der Waals surface area contributed by atoms with Gasteiger partial charge in [-0.05, 0) is 38.5 Å². The molecule has 3 saturated heterocycles. The molecule has 20 N–H and O–H groups in total. The van der Waals surface area contributed by atoms with Crippen LogP contribution in [0.3, 0.4) is 0 Å². The minimum absolute atomic E-state index is 0.00742. The molecule has 0 spiro atoms. The summed E-state index contributed by atoms with van der Waals surface area (Å²) >= 11 is 9.36. The summed E-state index contributed by atoms with van der Waals surface area (Å²) in [5.74, 6) is -2.79. The van der Waals surface area contributed by atoms with E-state index >= 15 is 0 Å². The molecule has 8 amide bonds. The number of amides is 8. The highest BCUT2D eigenvalue weighted by Gasteiger charge is 2.50. The number of aliphatic hydroxyl groups excluding tert-OH is 9. The number of nitrogens with two attached hydrogens (primary N) is 3. The number of primary amides is 3. The van der Waals surface area contributed by atoms with E-state index in [1.165, 1.54) is 0 Å². The Morgan fingerprint density at radius 3 is 1.20 bits per heavy atom. The number of carbonyl (C=O) groups excluding carboxylic acids is 8. The second-order valence-corrected chi connectivity index (χ2v) is 24.2. The van der Waals surface area contributed by atoms with Gasteiger partial charge < -0.3 is 147 Å². The molecule has 3 unspecified atom stereocenters. The topological polar surface area (TPSA) is 568 Å². The highest BCUT2D eigenvalue weighted by atomic mass is 32.1. The number of aliphatic hydroxyl groups is 9. The second-order valence-electron chi connectivity index (χ2n) is 22.9. The molecule has 0 aromatic rings. The van der Waals surface area contributed by atoms with Gasteiger partial charge in [0.2, 0.25) is 29.5 Å². The van der Waals surface area contributed by atoms with Crippen LogP contribution in [-0.4, -0.2) is 307 Å². The Hall–Kier alpha value is -4.86. The smallest absolute Gasteiger partial charge is 0.404 e. The molecule has 0 radical (unpaired) electrons. The number of hydrogen-bond donors (Lipinski definition) is 19. The third-order valence-electron chi connectivity index (χ3n) is 16.1. The van der Waals surface area contributed by atoms with Crippen LogP contribution in [0, 0.1) is 5.92 Å². The van der Waals surface area contributed by atoms with Gasteiger partial charge >= 0.3 is 18.3 Å². The fraction of sp³-hybridized carbons (Fsp3) is 0.857. The molecule has 16 atom stereocenters. The molecule has 4 aliphatic rings. The lowest BCUT2D eigenvalue weighted by Crippen LogP contribution is -2.60. The zero-order valence-corrected chi connectivity index (χ0v) is 54.6. The first-order chi connectivity index (χ1) is 45.3. The summed E-state index contributed by atoms with van der Waals surface area (Å²) in [6.45, 7) is -3.01. The van der Waals surface area contributed by atoms with E-state index in [1.54, 1.807) is 0 Å². The van der Waals surface area contributed by atoms with Crippen molar-refractivity contribution in [2.75, 3.05) is 111 Å². The molecule has 0 aromatic heterocycles. The van der Waals surface area contributed by atoms with E-state index in [0.717, 1.165) is 19.3 Å². The summed E-state index contributed by atoms with van der Waals surface area (Å²) in [5, 5.41) is 106. The fourth-order valence-corrected chi connectivity index (χ4v) is 12.2. The number of hydrogen-bond acceptors (Lipinski definition) is 31. The van der Waals surface area contributed by atoms with Crippen LogP contribution in [-0.2, 0) is 80.8 Å². The maximum absolute atomic E-state index is 14.1. The molecule has 548 valence electrons. The molecule has 1 aliphatic carbocycles. The highest BCUT2D eigenvalue weighted by molar-refractivity contribution is 7.82. The third-order valence-corrected chi connectivity index (χ3v) is 17.2. The minimum Gasteiger partial charge on any atom is -0.441 e. The van der Waals surface area contributed by atoms with Crippen molar-refractivity contribution in [3.05, 3.63) is 0 Å². The Morgan fingerprint density at radius 2 is 0.842 bits per heavy atom. The predicted octanol–water partition coefficient (Wildman–Crippen LogP) is -6.59. The van der Waals surface area contributed by atoms with Crippen molar-refractivity contribution in [1.82, 2.24) is 26.6 Å². The zero-order chi connectivity index (χ0) is 70.1. The van der Waals surface area contributed by atoms with Crippen LogP contribution in [0.4, 0.5) is 14.4 Å². The summed E-state index contributed by atoms with van der Waals surface area (Å²) in [6, 6.07) is 0. The molecule has 1 saturated carbocycles. The lowest BCUT2D eigenvalue weighted by atomic mass is 9.79. The van der Waals surface area contributed by atoms with Crippen molar-refractivity contribution in [1.29, 1.82) is 0 Å². The Morgan fingerprint density at radius 1 is 0.474 bits per heavy atom. The van der Waals surface area contributed by atoms with Gasteiger partial charge in [0, 0.05) is 74.5 Å². The van der Waals surface area contributed by atoms with Crippen molar-refractivity contribution in [2.45, 2.75) is 186 Å². The van der Waals surface area contributed by atoms with Gasteiger partial charge in [0.05, 0.1) is 78.6 Å². The first-order valence-corrected chi connectivity index (χ1v) is 32.5. The zero-order valence-electron chi connectivity index (χ0n) is 52.8. The molecule has 4 rings (SSSR count). The number of carbonyl (C=O) groups is 8. The van der Waals surface area contributed by atoms with Crippen molar-refractivity contribution in [3.8, 4) is 0 Å². The van der Waals surface area contributed by atoms with Crippen LogP contribution >= 0.6 is 25.3 Å². The molecule has 37 nitrogen and oxygen atoms in total. The van der Waals surface area contributed by atoms with Gasteiger partial charge in [-0.15, -0.1) is 0 Å². The molecule has 0 aromatic carbocycles. The van der Waals surface area contributed by atoms with Gasteiger partial charge in [-0.2, -0.15) is 25.3 Å². The monoisotopic (exact) mass is 1410 g/mol. The number of thiol groups is 2. The molecule has 3 heterocycles. The van der Waals surface area contributed by atoms with Gasteiger partial charge in [0.1, 0.15) is 54.9 Å². The van der Waals surface area contributed by atoms with Crippen LogP contribution in [0.25, 0.3) is 0 Å². The van der Waals surface area contributed by atoms with E-state index in [2.05, 4.69) is 39.2 Å². The lowest BCUT2D eigenvalue weighted by molar-refractivity contribution is -0.301. The Kier molecular flexibility index (Phi) is 37.8. The van der Waals surface area contributed by atoms with Crippen LogP contribution in [0.5, 0.6) is 0 Å². The summed E-state index contributed by atoms with van der Waals surface area (Å²) in [7, 11) is 0. The van der Waals surface area contributed by atoms with E-state index in [9.17, 15) is 84.3 Å². The van der Waals surface area contributed by atoms with Crippen LogP contribution < -0.4 is 43.8 Å². The van der Waals surface area contributed by atoms with Gasteiger partial charge in [-0.3, -0.25) is 24.0 Å². The average molecular weight is 1410 g/mol. The second kappa shape index (κ2) is 43.5. The van der Waals surface area contributed by atoms with E-state index < -0.39 is 170 Å². The quantitative estimate of drug-likeness (QED) is 0.0153. The van der Waals surface area contributed by atoms with E-state index in [-0.39, 0.29) is 149 Å². The highest BCUT2D eigenvalue weighted by Crippen LogP contribution is 2.41. The molecule has 95 heavy (non-hydrogen) atoms. The summed E-state index contributed by atoms with van der Waals surface area (Å²) in [5.41, 5.74) is 13.8. The van der Waals surface area contributed by atoms with Gasteiger partial charge in [0.25, 0.3) is 0 Å². The Labute approximate surface area is 559 Å². The molecular weight excluding hydrogens is 1310 g/mol. The van der Waals surface area contributed by atoms with E-state index in [4.69, 9.17) is 86.7 Å². The maximum atomic E-state index is 14.1. The van der Waals surface area contributed by atoms with Crippen molar-refractivity contribution in [2.24, 2.45) is 23.1 Å². The Bertz CT molecular complexity index is 2270.